The fourth-order valence-electron chi connectivity index (χ4n) is 0.807. The summed E-state index contributed by atoms with van der Waals surface area (Å²) in [6, 6.07) is 0. The van der Waals surface area contributed by atoms with Gasteiger partial charge >= 0.3 is 5.97 Å². The Labute approximate surface area is 67.4 Å². The Kier molecular flexibility index (Phi) is 4.86. The van der Waals surface area contributed by atoms with E-state index in [0.29, 0.717) is 6.61 Å². The molecule has 0 spiro atoms. The standard InChI is InChI=1S/C8H16O3/c1-4-11-8(10)7(5-9)6(2)3/h6-7,9H,4-5H2,1-3H3/t7-/m1/s1. The molecule has 0 amide bonds. The van der Waals surface area contributed by atoms with Gasteiger partial charge in [0.2, 0.25) is 0 Å². The summed E-state index contributed by atoms with van der Waals surface area (Å²) < 4.78 is 4.76. The predicted octanol–water partition coefficient (Wildman–Crippen LogP) is 0.814. The molecule has 0 bridgehead atoms. The van der Waals surface area contributed by atoms with Crippen LogP contribution in [0.3, 0.4) is 0 Å². The summed E-state index contributed by atoms with van der Waals surface area (Å²) in [6.07, 6.45) is 0. The smallest absolute Gasteiger partial charge is 0.311 e. The quantitative estimate of drug-likeness (QED) is 0.619. The normalized spacial score (nSPS) is 13.2. The molecule has 0 aliphatic carbocycles. The number of aliphatic hydroxyl groups excluding tert-OH is 1. The predicted molar refractivity (Wildman–Crippen MR) is 42.0 cm³/mol. The van der Waals surface area contributed by atoms with E-state index in [-0.39, 0.29) is 24.4 Å². The summed E-state index contributed by atoms with van der Waals surface area (Å²) in [5, 5.41) is 8.79. The Hall–Kier alpha value is -0.570. The van der Waals surface area contributed by atoms with E-state index in [1.807, 2.05) is 13.8 Å². The third-order valence-electron chi connectivity index (χ3n) is 1.59. The zero-order chi connectivity index (χ0) is 8.85. The van der Waals surface area contributed by atoms with Gasteiger partial charge in [-0.15, -0.1) is 0 Å². The fourth-order valence-corrected chi connectivity index (χ4v) is 0.807. The van der Waals surface area contributed by atoms with Gasteiger partial charge in [-0.2, -0.15) is 0 Å². The molecule has 0 aromatic carbocycles. The monoisotopic (exact) mass is 160 g/mol. The third kappa shape index (κ3) is 3.37. The van der Waals surface area contributed by atoms with Gasteiger partial charge < -0.3 is 9.84 Å². The van der Waals surface area contributed by atoms with Crippen molar-refractivity contribution in [2.75, 3.05) is 13.2 Å². The molecule has 1 N–H and O–H groups in total. The van der Waals surface area contributed by atoms with Crippen molar-refractivity contribution in [2.24, 2.45) is 11.8 Å². The number of hydrogen-bond donors (Lipinski definition) is 1. The highest BCUT2D eigenvalue weighted by molar-refractivity contribution is 5.72. The summed E-state index contributed by atoms with van der Waals surface area (Å²) in [7, 11) is 0. The van der Waals surface area contributed by atoms with Crippen molar-refractivity contribution in [3.8, 4) is 0 Å². The average molecular weight is 160 g/mol. The van der Waals surface area contributed by atoms with Crippen LogP contribution in [0.4, 0.5) is 0 Å². The molecule has 0 aromatic heterocycles. The van der Waals surface area contributed by atoms with Gasteiger partial charge in [0.15, 0.2) is 0 Å². The minimum Gasteiger partial charge on any atom is -0.466 e. The van der Waals surface area contributed by atoms with Gasteiger partial charge in [-0.3, -0.25) is 4.79 Å². The second-order valence-electron chi connectivity index (χ2n) is 2.79. The summed E-state index contributed by atoms with van der Waals surface area (Å²) >= 11 is 0. The molecule has 0 radical (unpaired) electrons. The molecule has 0 saturated carbocycles. The minimum atomic E-state index is -0.366. The topological polar surface area (TPSA) is 46.5 Å². The SMILES string of the molecule is CCOC(=O)[C@H](CO)C(C)C. The highest BCUT2D eigenvalue weighted by Crippen LogP contribution is 2.11. The summed E-state index contributed by atoms with van der Waals surface area (Å²) in [5.41, 5.74) is 0. The first kappa shape index (κ1) is 10.4. The van der Waals surface area contributed by atoms with Gasteiger partial charge in [-0.25, -0.2) is 0 Å². The molecule has 3 nitrogen and oxygen atoms in total. The number of aliphatic hydroxyl groups is 1. The molecule has 66 valence electrons. The van der Waals surface area contributed by atoms with E-state index in [9.17, 15) is 4.79 Å². The van der Waals surface area contributed by atoms with Crippen LogP contribution in [0.2, 0.25) is 0 Å². The van der Waals surface area contributed by atoms with Crippen LogP contribution in [0.15, 0.2) is 0 Å². The first-order valence-corrected chi connectivity index (χ1v) is 3.91. The summed E-state index contributed by atoms with van der Waals surface area (Å²) in [6.45, 7) is 5.78. The molecule has 0 saturated heterocycles. The average Bonchev–Trinajstić information content (AvgIpc) is 1.88. The Morgan fingerprint density at radius 1 is 1.55 bits per heavy atom. The molecule has 0 heterocycles. The molecule has 0 aliphatic rings. The van der Waals surface area contributed by atoms with Gasteiger partial charge in [0.1, 0.15) is 0 Å². The van der Waals surface area contributed by atoms with Crippen LogP contribution in [0, 0.1) is 11.8 Å². The fraction of sp³-hybridized carbons (Fsp3) is 0.875. The van der Waals surface area contributed by atoms with Crippen LogP contribution < -0.4 is 0 Å². The minimum absolute atomic E-state index is 0.128. The van der Waals surface area contributed by atoms with Crippen molar-refractivity contribution >= 4 is 5.97 Å². The lowest BCUT2D eigenvalue weighted by molar-refractivity contribution is -0.151. The van der Waals surface area contributed by atoms with Gasteiger partial charge in [0.05, 0.1) is 19.1 Å². The van der Waals surface area contributed by atoms with Crippen LogP contribution in [0.5, 0.6) is 0 Å². The summed E-state index contributed by atoms with van der Waals surface area (Å²) in [4.78, 5) is 11.0. The van der Waals surface area contributed by atoms with E-state index in [2.05, 4.69) is 0 Å². The maximum atomic E-state index is 11.0. The number of rotatable bonds is 4. The van der Waals surface area contributed by atoms with Crippen molar-refractivity contribution in [2.45, 2.75) is 20.8 Å². The Bertz CT molecular complexity index is 121. The summed E-state index contributed by atoms with van der Waals surface area (Å²) in [5.74, 6) is -0.529. The molecular weight excluding hydrogens is 144 g/mol. The zero-order valence-electron chi connectivity index (χ0n) is 7.33. The molecule has 3 heteroatoms. The van der Waals surface area contributed by atoms with Crippen molar-refractivity contribution < 1.29 is 14.6 Å². The van der Waals surface area contributed by atoms with Crippen LogP contribution in [-0.4, -0.2) is 24.3 Å². The first-order valence-electron chi connectivity index (χ1n) is 3.91. The van der Waals surface area contributed by atoms with Gasteiger partial charge in [0.25, 0.3) is 0 Å². The maximum absolute atomic E-state index is 11.0. The second kappa shape index (κ2) is 5.13. The van der Waals surface area contributed by atoms with E-state index >= 15 is 0 Å². The van der Waals surface area contributed by atoms with Gasteiger partial charge in [-0.1, -0.05) is 13.8 Å². The number of carbonyl (C=O) groups is 1. The van der Waals surface area contributed by atoms with Crippen LogP contribution >= 0.6 is 0 Å². The Morgan fingerprint density at radius 3 is 2.36 bits per heavy atom. The van der Waals surface area contributed by atoms with E-state index in [1.165, 1.54) is 0 Å². The highest BCUT2D eigenvalue weighted by atomic mass is 16.5. The van der Waals surface area contributed by atoms with E-state index in [4.69, 9.17) is 9.84 Å². The van der Waals surface area contributed by atoms with Gasteiger partial charge in [0, 0.05) is 0 Å². The first-order chi connectivity index (χ1) is 5.13. The Balaban J connectivity index is 3.92. The highest BCUT2D eigenvalue weighted by Gasteiger charge is 2.21. The maximum Gasteiger partial charge on any atom is 0.311 e. The second-order valence-corrected chi connectivity index (χ2v) is 2.79. The third-order valence-corrected chi connectivity index (χ3v) is 1.59. The zero-order valence-corrected chi connectivity index (χ0v) is 7.33. The molecular formula is C8H16O3. The van der Waals surface area contributed by atoms with E-state index in [0.717, 1.165) is 0 Å². The number of carbonyl (C=O) groups excluding carboxylic acids is 1. The molecule has 0 rings (SSSR count). The lowest BCUT2D eigenvalue weighted by Crippen LogP contribution is -2.25. The van der Waals surface area contributed by atoms with Crippen molar-refractivity contribution in [3.05, 3.63) is 0 Å². The van der Waals surface area contributed by atoms with Gasteiger partial charge in [-0.05, 0) is 12.8 Å². The molecule has 11 heavy (non-hydrogen) atoms. The molecule has 0 fully saturated rings. The number of hydrogen-bond acceptors (Lipinski definition) is 3. The van der Waals surface area contributed by atoms with Crippen LogP contribution in [0.25, 0.3) is 0 Å². The molecule has 0 aromatic rings. The largest absolute Gasteiger partial charge is 0.466 e. The van der Waals surface area contributed by atoms with Crippen molar-refractivity contribution in [1.29, 1.82) is 0 Å². The van der Waals surface area contributed by atoms with E-state index in [1.54, 1.807) is 6.92 Å². The molecule has 0 aliphatic heterocycles. The molecule has 0 unspecified atom stereocenters. The van der Waals surface area contributed by atoms with Crippen LogP contribution in [0.1, 0.15) is 20.8 Å². The Morgan fingerprint density at radius 2 is 2.09 bits per heavy atom. The number of ether oxygens (including phenoxy) is 1. The van der Waals surface area contributed by atoms with Crippen LogP contribution in [-0.2, 0) is 9.53 Å². The van der Waals surface area contributed by atoms with Crippen molar-refractivity contribution in [3.63, 3.8) is 0 Å². The lowest BCUT2D eigenvalue weighted by atomic mass is 9.97. The number of esters is 1. The lowest BCUT2D eigenvalue weighted by Gasteiger charge is -2.15. The molecule has 1 atom stereocenters. The van der Waals surface area contributed by atoms with Crippen molar-refractivity contribution in [1.82, 2.24) is 0 Å². The van der Waals surface area contributed by atoms with E-state index < -0.39 is 0 Å².